The summed E-state index contributed by atoms with van der Waals surface area (Å²) in [6.45, 7) is 9.52. The number of allylic oxidation sites excluding steroid dienone is 1. The average molecular weight is 476 g/mol. The predicted molar refractivity (Wildman–Crippen MR) is 124 cm³/mol. The van der Waals surface area contributed by atoms with Gasteiger partial charge in [0.1, 0.15) is 5.75 Å². The molecule has 33 heavy (non-hydrogen) atoms. The van der Waals surface area contributed by atoms with E-state index in [2.05, 4.69) is 6.58 Å². The molecule has 0 spiro atoms. The van der Waals surface area contributed by atoms with Gasteiger partial charge in [-0.05, 0) is 60.9 Å². The summed E-state index contributed by atoms with van der Waals surface area (Å²) in [6.07, 6.45) is -2.21. The maximum atomic E-state index is 13.5. The summed E-state index contributed by atoms with van der Waals surface area (Å²) in [5.74, 6) is -0.260. The van der Waals surface area contributed by atoms with Crippen LogP contribution in [-0.4, -0.2) is 12.2 Å². The van der Waals surface area contributed by atoms with Crippen LogP contribution in [0.5, 0.6) is 17.2 Å². The largest absolute Gasteiger partial charge is 0.493 e. The van der Waals surface area contributed by atoms with Gasteiger partial charge in [-0.3, -0.25) is 4.79 Å². The molecule has 174 valence electrons. The van der Waals surface area contributed by atoms with E-state index in [-0.39, 0.29) is 28.1 Å². The van der Waals surface area contributed by atoms with Gasteiger partial charge in [-0.2, -0.15) is 18.4 Å². The number of benzene rings is 2. The van der Waals surface area contributed by atoms with Crippen molar-refractivity contribution >= 4 is 23.0 Å². The Bertz CT molecular complexity index is 1120. The molecule has 0 fully saturated rings. The van der Waals surface area contributed by atoms with Crippen LogP contribution < -0.4 is 9.47 Å². The lowest BCUT2D eigenvalue weighted by atomic mass is 10.1. The van der Waals surface area contributed by atoms with Crippen molar-refractivity contribution in [3.63, 3.8) is 0 Å². The lowest BCUT2D eigenvalue weighted by Crippen LogP contribution is -2.08. The Morgan fingerprint density at radius 3 is 2.42 bits per heavy atom. The Balaban J connectivity index is 2.41. The van der Waals surface area contributed by atoms with E-state index in [1.54, 1.807) is 31.2 Å². The van der Waals surface area contributed by atoms with Crippen LogP contribution in [-0.2, 0) is 11.0 Å². The van der Waals surface area contributed by atoms with E-state index >= 15 is 0 Å². The molecular formula is C25H24F3NO3S. The minimum absolute atomic E-state index is 0.0270. The second kappa shape index (κ2) is 11.1. The minimum Gasteiger partial charge on any atom is -0.493 e. The topological polar surface area (TPSA) is 59.3 Å². The molecule has 0 bridgehead atoms. The Kier molecular flexibility index (Phi) is 8.77. The summed E-state index contributed by atoms with van der Waals surface area (Å²) in [5, 5.41) is 8.95. The fourth-order valence-corrected chi connectivity index (χ4v) is 3.61. The molecule has 2 aromatic carbocycles. The first-order valence-corrected chi connectivity index (χ1v) is 10.9. The van der Waals surface area contributed by atoms with Gasteiger partial charge in [-0.15, -0.1) is 0 Å². The summed E-state index contributed by atoms with van der Waals surface area (Å²) < 4.78 is 51.2. The van der Waals surface area contributed by atoms with Gasteiger partial charge < -0.3 is 9.47 Å². The first-order chi connectivity index (χ1) is 15.5. The Morgan fingerprint density at radius 2 is 1.88 bits per heavy atom. The SMILES string of the molecule is C=C(C)/C(=C/c1ccc(Oc2ccc(C#N)cc2C(F)(F)F)c(OC)c1)SC(=O)C(C)CC. The molecule has 2 aromatic rings. The fourth-order valence-electron chi connectivity index (χ4n) is 2.65. The quantitative estimate of drug-likeness (QED) is 0.368. The van der Waals surface area contributed by atoms with Gasteiger partial charge in [-0.1, -0.05) is 38.3 Å². The molecule has 8 heteroatoms. The molecule has 0 N–H and O–H groups in total. The Hall–Kier alpha value is -3.18. The van der Waals surface area contributed by atoms with Crippen molar-refractivity contribution in [2.75, 3.05) is 7.11 Å². The lowest BCUT2D eigenvalue weighted by Gasteiger charge is -2.16. The van der Waals surface area contributed by atoms with Gasteiger partial charge in [0, 0.05) is 10.8 Å². The number of carbonyl (C=O) groups excluding carboxylic acids is 1. The number of carbonyl (C=O) groups is 1. The van der Waals surface area contributed by atoms with Crippen LogP contribution in [0.1, 0.15) is 43.9 Å². The molecule has 0 aromatic heterocycles. The van der Waals surface area contributed by atoms with Gasteiger partial charge in [0.05, 0.1) is 24.3 Å². The number of halogens is 3. The zero-order valence-corrected chi connectivity index (χ0v) is 19.6. The molecule has 2 rings (SSSR count). The summed E-state index contributed by atoms with van der Waals surface area (Å²) in [5.41, 5.74) is 0.192. The second-order valence-electron chi connectivity index (χ2n) is 7.35. The van der Waals surface area contributed by atoms with Crippen molar-refractivity contribution < 1.29 is 27.4 Å². The highest BCUT2D eigenvalue weighted by Crippen LogP contribution is 2.41. The third-order valence-corrected chi connectivity index (χ3v) is 6.06. The van der Waals surface area contributed by atoms with E-state index in [4.69, 9.17) is 14.7 Å². The van der Waals surface area contributed by atoms with Crippen LogP contribution in [0, 0.1) is 17.2 Å². The van der Waals surface area contributed by atoms with E-state index < -0.39 is 17.5 Å². The number of methoxy groups -OCH3 is 1. The molecule has 0 aliphatic heterocycles. The van der Waals surface area contributed by atoms with Gasteiger partial charge in [0.2, 0.25) is 0 Å². The van der Waals surface area contributed by atoms with Crippen molar-refractivity contribution in [2.24, 2.45) is 5.92 Å². The van der Waals surface area contributed by atoms with Crippen LogP contribution in [0.15, 0.2) is 53.5 Å². The number of nitriles is 1. The van der Waals surface area contributed by atoms with Crippen molar-refractivity contribution in [1.82, 2.24) is 0 Å². The third kappa shape index (κ3) is 6.90. The van der Waals surface area contributed by atoms with Gasteiger partial charge >= 0.3 is 6.18 Å². The highest BCUT2D eigenvalue weighted by atomic mass is 32.2. The first kappa shape index (κ1) is 26.1. The van der Waals surface area contributed by atoms with Gasteiger partial charge in [-0.25, -0.2) is 0 Å². The summed E-state index contributed by atoms with van der Waals surface area (Å²) in [4.78, 5) is 13.0. The van der Waals surface area contributed by atoms with Gasteiger partial charge in [0.25, 0.3) is 0 Å². The lowest BCUT2D eigenvalue weighted by molar-refractivity contribution is -0.138. The number of thioether (sulfide) groups is 1. The van der Waals surface area contributed by atoms with Crippen molar-refractivity contribution in [3.05, 3.63) is 70.1 Å². The van der Waals surface area contributed by atoms with Crippen LogP contribution in [0.2, 0.25) is 0 Å². The average Bonchev–Trinajstić information content (AvgIpc) is 2.78. The number of ether oxygens (including phenoxy) is 2. The number of alkyl halides is 3. The van der Waals surface area contributed by atoms with E-state index in [0.717, 1.165) is 30.3 Å². The maximum Gasteiger partial charge on any atom is 0.420 e. The van der Waals surface area contributed by atoms with Crippen molar-refractivity contribution in [3.8, 4) is 23.3 Å². The van der Waals surface area contributed by atoms with E-state index in [0.29, 0.717) is 16.0 Å². The summed E-state index contributed by atoms with van der Waals surface area (Å²) >= 11 is 1.11. The normalized spacial score (nSPS) is 12.6. The minimum atomic E-state index is -4.70. The molecule has 0 radical (unpaired) electrons. The zero-order valence-electron chi connectivity index (χ0n) is 18.7. The van der Waals surface area contributed by atoms with E-state index in [1.807, 2.05) is 13.8 Å². The van der Waals surface area contributed by atoms with Crippen LogP contribution in [0.25, 0.3) is 6.08 Å². The van der Waals surface area contributed by atoms with Crippen molar-refractivity contribution in [1.29, 1.82) is 5.26 Å². The molecule has 0 heterocycles. The molecule has 1 unspecified atom stereocenters. The highest BCUT2D eigenvalue weighted by molar-refractivity contribution is 8.17. The second-order valence-corrected chi connectivity index (χ2v) is 8.40. The molecular weight excluding hydrogens is 451 g/mol. The molecule has 0 saturated heterocycles. The monoisotopic (exact) mass is 475 g/mol. The number of hydrogen-bond donors (Lipinski definition) is 0. The van der Waals surface area contributed by atoms with Crippen LogP contribution in [0.4, 0.5) is 13.2 Å². The van der Waals surface area contributed by atoms with Gasteiger partial charge in [0.15, 0.2) is 16.6 Å². The van der Waals surface area contributed by atoms with Crippen LogP contribution in [0.3, 0.4) is 0 Å². The fraction of sp³-hybridized carbons (Fsp3) is 0.280. The Morgan fingerprint density at radius 1 is 1.21 bits per heavy atom. The molecule has 1 atom stereocenters. The van der Waals surface area contributed by atoms with E-state index in [9.17, 15) is 18.0 Å². The highest BCUT2D eigenvalue weighted by Gasteiger charge is 2.35. The molecule has 0 amide bonds. The standard InChI is InChI=1S/C25H24F3NO3S/c1-6-16(4)24(30)33-23(15(2)3)13-17-7-10-21(22(12-17)31-5)32-20-9-8-18(14-29)11-19(20)25(26,27)28/h7-13,16H,2,6H2,1,3-5H3/b23-13-. The van der Waals surface area contributed by atoms with E-state index in [1.165, 1.54) is 19.2 Å². The molecule has 0 aliphatic rings. The van der Waals surface area contributed by atoms with Crippen LogP contribution >= 0.6 is 11.8 Å². The molecule has 0 saturated carbocycles. The number of rotatable bonds is 8. The summed E-state index contributed by atoms with van der Waals surface area (Å²) in [7, 11) is 1.38. The number of nitrogens with zero attached hydrogens (tertiary/aromatic N) is 1. The Labute approximate surface area is 195 Å². The third-order valence-electron chi connectivity index (χ3n) is 4.77. The number of hydrogen-bond acceptors (Lipinski definition) is 5. The molecule has 0 aliphatic carbocycles. The predicted octanol–water partition coefficient (Wildman–Crippen LogP) is 7.60. The van der Waals surface area contributed by atoms with Crippen molar-refractivity contribution in [2.45, 2.75) is 33.4 Å². The molecule has 4 nitrogen and oxygen atoms in total. The summed E-state index contributed by atoms with van der Waals surface area (Å²) in [6, 6.07) is 9.51. The smallest absolute Gasteiger partial charge is 0.420 e. The zero-order chi connectivity index (χ0) is 24.8. The first-order valence-electron chi connectivity index (χ1n) is 10.1. The maximum absolute atomic E-state index is 13.5.